The summed E-state index contributed by atoms with van der Waals surface area (Å²) in [6.45, 7) is -0.500. The van der Waals surface area contributed by atoms with Crippen LogP contribution in [0.3, 0.4) is 0 Å². The number of carboxylic acids is 2. The Morgan fingerprint density at radius 3 is 0.938 bits per heavy atom. The van der Waals surface area contributed by atoms with Gasteiger partial charge in [-0.2, -0.15) is 0 Å². The van der Waals surface area contributed by atoms with Gasteiger partial charge in [0.2, 0.25) is 0 Å². The summed E-state index contributed by atoms with van der Waals surface area (Å²) in [5.41, 5.74) is 0. The van der Waals surface area contributed by atoms with Crippen LogP contribution in [0, 0.1) is 0 Å². The van der Waals surface area contributed by atoms with Gasteiger partial charge >= 0.3 is 11.9 Å². The summed E-state index contributed by atoms with van der Waals surface area (Å²) < 4.78 is 0. The van der Waals surface area contributed by atoms with Crippen molar-refractivity contribution in [3.05, 3.63) is 12.2 Å². The van der Waals surface area contributed by atoms with E-state index < -0.39 is 11.9 Å². The molecular weight excluding hydrogens is 224 g/mol. The van der Waals surface area contributed by atoms with Crippen molar-refractivity contribution in [2.45, 2.75) is 0 Å². The lowest BCUT2D eigenvalue weighted by Crippen LogP contribution is -1.91. The Morgan fingerprint density at radius 1 is 0.688 bits per heavy atom. The van der Waals surface area contributed by atoms with E-state index in [1.165, 1.54) is 0 Å². The topological polar surface area (TPSA) is 156 Å². The molecule has 16 heavy (non-hydrogen) atoms. The van der Waals surface area contributed by atoms with Crippen LogP contribution in [0.5, 0.6) is 0 Å². The van der Waals surface area contributed by atoms with Gasteiger partial charge in [-0.15, -0.1) is 0 Å². The van der Waals surface area contributed by atoms with Crippen LogP contribution in [0.25, 0.3) is 0 Å². The highest BCUT2D eigenvalue weighted by molar-refractivity contribution is 5.89. The van der Waals surface area contributed by atoms with Gasteiger partial charge in [-0.25, -0.2) is 9.59 Å². The molecule has 0 amide bonds. The molecule has 6 N–H and O–H groups in total. The first-order valence-corrected chi connectivity index (χ1v) is 4.03. The summed E-state index contributed by atoms with van der Waals surface area (Å²) in [7, 11) is 0. The van der Waals surface area contributed by atoms with Crippen molar-refractivity contribution in [2.75, 3.05) is 26.4 Å². The molecule has 0 saturated heterocycles. The molecule has 0 aliphatic carbocycles. The van der Waals surface area contributed by atoms with Gasteiger partial charge in [-0.1, -0.05) is 0 Å². The minimum Gasteiger partial charge on any atom is -0.478 e. The van der Waals surface area contributed by atoms with Crippen LogP contribution in [0.4, 0.5) is 0 Å². The number of carboxylic acid groups (broad SMARTS) is 2. The number of carbonyl (C=O) groups is 2. The smallest absolute Gasteiger partial charge is 0.328 e. The van der Waals surface area contributed by atoms with Crippen molar-refractivity contribution in [2.24, 2.45) is 0 Å². The van der Waals surface area contributed by atoms with Crippen molar-refractivity contribution in [3.8, 4) is 0 Å². The average molecular weight is 240 g/mol. The Kier molecular flexibility index (Phi) is 23.9. The fourth-order valence-corrected chi connectivity index (χ4v) is 0.143. The third kappa shape index (κ3) is 54.5. The lowest BCUT2D eigenvalue weighted by atomic mass is 10.5. The van der Waals surface area contributed by atoms with Gasteiger partial charge in [0.1, 0.15) is 0 Å². The van der Waals surface area contributed by atoms with E-state index in [9.17, 15) is 9.59 Å². The van der Waals surface area contributed by atoms with E-state index in [1.54, 1.807) is 0 Å². The van der Waals surface area contributed by atoms with Crippen LogP contribution in [0.2, 0.25) is 0 Å². The van der Waals surface area contributed by atoms with Crippen LogP contribution in [0.1, 0.15) is 0 Å². The van der Waals surface area contributed by atoms with Crippen molar-refractivity contribution in [1.82, 2.24) is 0 Å². The van der Waals surface area contributed by atoms with Gasteiger partial charge in [0, 0.05) is 12.2 Å². The van der Waals surface area contributed by atoms with Gasteiger partial charge < -0.3 is 30.6 Å². The van der Waals surface area contributed by atoms with Crippen molar-refractivity contribution < 1.29 is 40.2 Å². The predicted octanol–water partition coefficient (Wildman–Crippen LogP) is -2.35. The molecule has 0 saturated carbocycles. The van der Waals surface area contributed by atoms with Crippen molar-refractivity contribution in [3.63, 3.8) is 0 Å². The minimum absolute atomic E-state index is 0.125. The second kappa shape index (κ2) is 19.1. The van der Waals surface area contributed by atoms with Crippen LogP contribution in [-0.4, -0.2) is 69.0 Å². The molecule has 0 bridgehead atoms. The summed E-state index contributed by atoms with van der Waals surface area (Å²) in [6, 6.07) is 0. The molecule has 8 nitrogen and oxygen atoms in total. The number of aliphatic carboxylic acids is 2. The SMILES string of the molecule is O=C(O)/C=C/C(=O)O.OCCO.OCCO. The molecular formula is C8H16O8. The third-order valence-corrected chi connectivity index (χ3v) is 0.568. The average Bonchev–Trinajstić information content (AvgIpc) is 2.27. The summed E-state index contributed by atoms with van der Waals surface area (Å²) in [4.78, 5) is 19.1. The maximum Gasteiger partial charge on any atom is 0.328 e. The zero-order valence-corrected chi connectivity index (χ0v) is 8.48. The van der Waals surface area contributed by atoms with Gasteiger partial charge in [-0.05, 0) is 0 Å². The van der Waals surface area contributed by atoms with Gasteiger partial charge in [-0.3, -0.25) is 0 Å². The molecule has 0 aromatic rings. The van der Waals surface area contributed by atoms with E-state index in [4.69, 9.17) is 30.6 Å². The minimum atomic E-state index is -1.26. The molecule has 0 spiro atoms. The van der Waals surface area contributed by atoms with Crippen LogP contribution in [0.15, 0.2) is 12.2 Å². The van der Waals surface area contributed by atoms with E-state index in [-0.39, 0.29) is 26.4 Å². The van der Waals surface area contributed by atoms with Crippen LogP contribution < -0.4 is 0 Å². The summed E-state index contributed by atoms with van der Waals surface area (Å²) >= 11 is 0. The maximum atomic E-state index is 9.55. The Balaban J connectivity index is -0.000000179. The molecule has 0 aromatic carbocycles. The second-order valence-electron chi connectivity index (χ2n) is 1.90. The Morgan fingerprint density at radius 2 is 0.875 bits per heavy atom. The molecule has 0 atom stereocenters. The van der Waals surface area contributed by atoms with E-state index in [0.717, 1.165) is 0 Å². The summed E-state index contributed by atoms with van der Waals surface area (Å²) in [5.74, 6) is -2.51. The number of rotatable bonds is 4. The molecule has 96 valence electrons. The largest absolute Gasteiger partial charge is 0.478 e. The van der Waals surface area contributed by atoms with Gasteiger partial charge in [0.05, 0.1) is 26.4 Å². The fourth-order valence-electron chi connectivity index (χ4n) is 0.143. The van der Waals surface area contributed by atoms with Crippen LogP contribution >= 0.6 is 0 Å². The third-order valence-electron chi connectivity index (χ3n) is 0.568. The molecule has 0 aromatic heterocycles. The normalized spacial score (nSPS) is 8.50. The Hall–Kier alpha value is -1.48. The summed E-state index contributed by atoms with van der Waals surface area (Å²) in [6.07, 6.45) is 1.12. The first-order chi connectivity index (χ1) is 7.45. The standard InChI is InChI=1S/C4H4O4.2C2H6O2/c5-3(6)1-2-4(7)8;2*3-1-2-4/h1-2H,(H,5,6)(H,7,8);2*3-4H,1-2H2/b2-1+;;. The molecule has 0 aliphatic rings. The second-order valence-corrected chi connectivity index (χ2v) is 1.90. The Bertz CT molecular complexity index is 164. The first-order valence-electron chi connectivity index (χ1n) is 4.03. The van der Waals surface area contributed by atoms with E-state index >= 15 is 0 Å². The van der Waals surface area contributed by atoms with Gasteiger partial charge in [0.25, 0.3) is 0 Å². The lowest BCUT2D eigenvalue weighted by molar-refractivity contribution is -0.134. The molecule has 0 unspecified atom stereocenters. The highest BCUT2D eigenvalue weighted by Crippen LogP contribution is 1.70. The quantitative estimate of drug-likeness (QED) is 0.298. The Labute approximate surface area is 91.7 Å². The number of hydrogen-bond acceptors (Lipinski definition) is 6. The fraction of sp³-hybridized carbons (Fsp3) is 0.500. The summed E-state index contributed by atoms with van der Waals surface area (Å²) in [5, 5.41) is 46.1. The lowest BCUT2D eigenvalue weighted by Gasteiger charge is -1.74. The van der Waals surface area contributed by atoms with E-state index in [2.05, 4.69) is 0 Å². The molecule has 0 fully saturated rings. The van der Waals surface area contributed by atoms with E-state index in [0.29, 0.717) is 12.2 Å². The van der Waals surface area contributed by atoms with Gasteiger partial charge in [0.15, 0.2) is 0 Å². The van der Waals surface area contributed by atoms with E-state index in [1.807, 2.05) is 0 Å². The number of aliphatic hydroxyl groups is 4. The number of aliphatic hydroxyl groups excluding tert-OH is 4. The maximum absolute atomic E-state index is 9.55. The number of hydrogen-bond donors (Lipinski definition) is 6. The highest BCUT2D eigenvalue weighted by Gasteiger charge is 1.88. The molecule has 8 heteroatoms. The first kappa shape index (κ1) is 20.0. The van der Waals surface area contributed by atoms with Crippen LogP contribution in [-0.2, 0) is 9.59 Å². The zero-order valence-electron chi connectivity index (χ0n) is 8.48. The molecule has 0 radical (unpaired) electrons. The zero-order chi connectivity index (χ0) is 13.4. The van der Waals surface area contributed by atoms with Crippen molar-refractivity contribution >= 4 is 11.9 Å². The monoisotopic (exact) mass is 240 g/mol. The molecule has 0 aliphatic heterocycles. The highest BCUT2D eigenvalue weighted by atomic mass is 16.4. The predicted molar refractivity (Wildman–Crippen MR) is 52.8 cm³/mol. The molecule has 0 rings (SSSR count). The van der Waals surface area contributed by atoms with Crippen molar-refractivity contribution in [1.29, 1.82) is 0 Å². The molecule has 0 heterocycles.